The number of hydrogen-bond acceptors (Lipinski definition) is 1. The zero-order chi connectivity index (χ0) is 11.7. The van der Waals surface area contributed by atoms with E-state index in [1.54, 1.807) is 0 Å². The normalized spacial score (nSPS) is 29.9. The van der Waals surface area contributed by atoms with Gasteiger partial charge in [-0.25, -0.2) is 0 Å². The summed E-state index contributed by atoms with van der Waals surface area (Å²) >= 11 is 0. The maximum absolute atomic E-state index is 10.6. The van der Waals surface area contributed by atoms with Gasteiger partial charge in [0.15, 0.2) is 0 Å². The largest absolute Gasteiger partial charge is 0.388 e. The highest BCUT2D eigenvalue weighted by molar-refractivity contribution is 5.32. The molecular formula is C16H22O. The summed E-state index contributed by atoms with van der Waals surface area (Å²) in [7, 11) is 0. The average molecular weight is 230 g/mol. The Balaban J connectivity index is 1.81. The van der Waals surface area contributed by atoms with Crippen molar-refractivity contribution < 1.29 is 5.11 Å². The highest BCUT2D eigenvalue weighted by Crippen LogP contribution is 2.43. The van der Waals surface area contributed by atoms with Crippen LogP contribution in [0, 0.1) is 11.8 Å². The van der Waals surface area contributed by atoms with Gasteiger partial charge in [0.1, 0.15) is 0 Å². The minimum Gasteiger partial charge on any atom is -0.388 e. The first-order valence-electron chi connectivity index (χ1n) is 7.12. The van der Waals surface area contributed by atoms with Crippen LogP contribution in [-0.4, -0.2) is 5.11 Å². The second-order valence-electron chi connectivity index (χ2n) is 5.74. The number of hydrogen-bond donors (Lipinski definition) is 1. The van der Waals surface area contributed by atoms with Crippen molar-refractivity contribution >= 4 is 0 Å². The summed E-state index contributed by atoms with van der Waals surface area (Å²) in [6.45, 7) is 0. The molecule has 0 bridgehead atoms. The van der Waals surface area contributed by atoms with E-state index in [2.05, 4.69) is 24.3 Å². The molecule has 1 aromatic carbocycles. The lowest BCUT2D eigenvalue weighted by Crippen LogP contribution is -2.28. The van der Waals surface area contributed by atoms with Crippen molar-refractivity contribution in [1.82, 2.24) is 0 Å². The van der Waals surface area contributed by atoms with Crippen LogP contribution in [-0.2, 0) is 6.42 Å². The fourth-order valence-electron chi connectivity index (χ4n) is 3.82. The highest BCUT2D eigenvalue weighted by atomic mass is 16.3. The van der Waals surface area contributed by atoms with Gasteiger partial charge in [-0.05, 0) is 35.8 Å². The first-order chi connectivity index (χ1) is 8.36. The second-order valence-corrected chi connectivity index (χ2v) is 5.74. The molecule has 0 saturated heterocycles. The van der Waals surface area contributed by atoms with Crippen LogP contribution in [0.15, 0.2) is 24.3 Å². The molecule has 0 unspecified atom stereocenters. The first-order valence-corrected chi connectivity index (χ1v) is 7.12. The predicted molar refractivity (Wildman–Crippen MR) is 69.8 cm³/mol. The van der Waals surface area contributed by atoms with Crippen LogP contribution in [0.25, 0.3) is 0 Å². The number of rotatable bonds is 1. The van der Waals surface area contributed by atoms with Crippen LogP contribution in [0.2, 0.25) is 0 Å². The van der Waals surface area contributed by atoms with E-state index in [0.717, 1.165) is 12.3 Å². The Labute approximate surface area is 104 Å². The van der Waals surface area contributed by atoms with E-state index in [1.807, 2.05) is 0 Å². The third-order valence-electron chi connectivity index (χ3n) is 4.78. The molecule has 0 aliphatic heterocycles. The van der Waals surface area contributed by atoms with E-state index in [1.165, 1.54) is 49.7 Å². The van der Waals surface area contributed by atoms with Gasteiger partial charge in [0.2, 0.25) is 0 Å². The van der Waals surface area contributed by atoms with Crippen LogP contribution >= 0.6 is 0 Å². The lowest BCUT2D eigenvalue weighted by molar-refractivity contribution is 0.0442. The summed E-state index contributed by atoms with van der Waals surface area (Å²) in [5.41, 5.74) is 2.57. The van der Waals surface area contributed by atoms with Gasteiger partial charge in [-0.2, -0.15) is 0 Å². The zero-order valence-corrected chi connectivity index (χ0v) is 10.4. The fraction of sp³-hybridized carbons (Fsp3) is 0.625. The van der Waals surface area contributed by atoms with Crippen molar-refractivity contribution in [3.8, 4) is 0 Å². The van der Waals surface area contributed by atoms with Gasteiger partial charge in [-0.1, -0.05) is 56.4 Å². The van der Waals surface area contributed by atoms with E-state index in [9.17, 15) is 5.11 Å². The number of benzene rings is 1. The van der Waals surface area contributed by atoms with Gasteiger partial charge in [0.25, 0.3) is 0 Å². The molecule has 0 radical (unpaired) electrons. The van der Waals surface area contributed by atoms with E-state index < -0.39 is 0 Å². The molecule has 1 heteroatoms. The molecule has 3 rings (SSSR count). The lowest BCUT2D eigenvalue weighted by atomic mass is 9.70. The number of aryl methyl sites for hydroxylation is 1. The van der Waals surface area contributed by atoms with Crippen LogP contribution in [0.3, 0.4) is 0 Å². The Morgan fingerprint density at radius 3 is 2.53 bits per heavy atom. The molecule has 0 amide bonds. The predicted octanol–water partition coefficient (Wildman–Crippen LogP) is 3.86. The molecule has 0 heterocycles. The summed E-state index contributed by atoms with van der Waals surface area (Å²) in [6, 6.07) is 8.45. The molecular weight excluding hydrogens is 208 g/mol. The monoisotopic (exact) mass is 230 g/mol. The average Bonchev–Trinajstić information content (AvgIpc) is 2.40. The van der Waals surface area contributed by atoms with E-state index >= 15 is 0 Å². The first kappa shape index (κ1) is 11.3. The molecule has 92 valence electrons. The Bertz CT molecular complexity index is 379. The summed E-state index contributed by atoms with van der Waals surface area (Å²) in [5.74, 6) is 1.29. The smallest absolute Gasteiger partial charge is 0.0823 e. The fourth-order valence-corrected chi connectivity index (χ4v) is 3.82. The lowest BCUT2D eigenvalue weighted by Gasteiger charge is -2.37. The van der Waals surface area contributed by atoms with Crippen molar-refractivity contribution in [2.75, 3.05) is 0 Å². The Kier molecular flexibility index (Phi) is 3.19. The third kappa shape index (κ3) is 2.13. The van der Waals surface area contributed by atoms with Crippen LogP contribution < -0.4 is 0 Å². The van der Waals surface area contributed by atoms with Crippen molar-refractivity contribution in [2.24, 2.45) is 11.8 Å². The molecule has 2 aliphatic rings. The molecule has 1 fully saturated rings. The number of aliphatic hydroxyl groups is 1. The minimum atomic E-state index is -0.206. The molecule has 17 heavy (non-hydrogen) atoms. The Morgan fingerprint density at radius 1 is 0.941 bits per heavy atom. The van der Waals surface area contributed by atoms with Gasteiger partial charge < -0.3 is 5.11 Å². The molecule has 1 nitrogen and oxygen atoms in total. The van der Waals surface area contributed by atoms with Crippen LogP contribution in [0.4, 0.5) is 0 Å². The molecule has 2 atom stereocenters. The third-order valence-corrected chi connectivity index (χ3v) is 4.78. The SMILES string of the molecule is O[C@@H]1c2ccccc2CC[C@H]1C1CCCCC1. The summed E-state index contributed by atoms with van der Waals surface area (Å²) in [4.78, 5) is 0. The molecule has 2 aliphatic carbocycles. The standard InChI is InChI=1S/C16H22O/c17-16-14-9-5-4-8-13(14)10-11-15(16)12-6-2-1-3-7-12/h4-5,8-9,12,15-17H,1-3,6-7,10-11H2/t15-,16+/m0/s1. The Hall–Kier alpha value is -0.820. The van der Waals surface area contributed by atoms with Crippen molar-refractivity contribution in [1.29, 1.82) is 0 Å². The number of fused-ring (bicyclic) bond motifs is 1. The van der Waals surface area contributed by atoms with Crippen LogP contribution in [0.1, 0.15) is 55.8 Å². The maximum Gasteiger partial charge on any atom is 0.0823 e. The van der Waals surface area contributed by atoms with Gasteiger partial charge >= 0.3 is 0 Å². The molecule has 0 spiro atoms. The van der Waals surface area contributed by atoms with Crippen molar-refractivity contribution in [3.05, 3.63) is 35.4 Å². The van der Waals surface area contributed by atoms with Crippen molar-refractivity contribution in [3.63, 3.8) is 0 Å². The second kappa shape index (κ2) is 4.81. The summed E-state index contributed by atoms with van der Waals surface area (Å²) in [5, 5.41) is 10.6. The summed E-state index contributed by atoms with van der Waals surface area (Å²) < 4.78 is 0. The zero-order valence-electron chi connectivity index (χ0n) is 10.4. The van der Waals surface area contributed by atoms with E-state index in [4.69, 9.17) is 0 Å². The van der Waals surface area contributed by atoms with Gasteiger partial charge in [-0.15, -0.1) is 0 Å². The maximum atomic E-state index is 10.6. The molecule has 0 aromatic heterocycles. The Morgan fingerprint density at radius 2 is 1.71 bits per heavy atom. The summed E-state index contributed by atoms with van der Waals surface area (Å²) in [6.07, 6.45) is 8.95. The topological polar surface area (TPSA) is 20.2 Å². The number of aliphatic hydroxyl groups excluding tert-OH is 1. The van der Waals surface area contributed by atoms with E-state index in [-0.39, 0.29) is 6.10 Å². The van der Waals surface area contributed by atoms with Gasteiger partial charge in [0.05, 0.1) is 6.10 Å². The quantitative estimate of drug-likeness (QED) is 0.776. The van der Waals surface area contributed by atoms with E-state index in [0.29, 0.717) is 5.92 Å². The van der Waals surface area contributed by atoms with Gasteiger partial charge in [-0.3, -0.25) is 0 Å². The van der Waals surface area contributed by atoms with Crippen molar-refractivity contribution in [2.45, 2.75) is 51.0 Å². The van der Waals surface area contributed by atoms with Gasteiger partial charge in [0, 0.05) is 0 Å². The highest BCUT2D eigenvalue weighted by Gasteiger charge is 2.33. The molecule has 1 N–H and O–H groups in total. The van der Waals surface area contributed by atoms with Crippen LogP contribution in [0.5, 0.6) is 0 Å². The minimum absolute atomic E-state index is 0.206. The molecule has 1 aromatic rings. The molecule has 1 saturated carbocycles.